The SMILES string of the molecule is COc1cc(OC)c(NC(=O)N(S)c2ccc(NC(C)=O)cc2)cc1F. The van der Waals surface area contributed by atoms with Gasteiger partial charge in [0.1, 0.15) is 5.75 Å². The highest BCUT2D eigenvalue weighted by atomic mass is 32.1. The number of ether oxygens (including phenoxy) is 2. The van der Waals surface area contributed by atoms with E-state index >= 15 is 0 Å². The number of amides is 3. The topological polar surface area (TPSA) is 79.9 Å². The molecule has 0 aromatic heterocycles. The van der Waals surface area contributed by atoms with Crippen LogP contribution in [0.15, 0.2) is 36.4 Å². The van der Waals surface area contributed by atoms with Crippen LogP contribution in [0.5, 0.6) is 11.5 Å². The minimum absolute atomic E-state index is 0.00358. The smallest absolute Gasteiger partial charge is 0.336 e. The molecule has 3 amide bonds. The molecular weight excluding hydrogens is 361 g/mol. The lowest BCUT2D eigenvalue weighted by Crippen LogP contribution is -2.27. The Bertz CT molecular complexity index is 814. The van der Waals surface area contributed by atoms with Gasteiger partial charge < -0.3 is 20.1 Å². The largest absolute Gasteiger partial charge is 0.494 e. The molecule has 0 saturated heterocycles. The van der Waals surface area contributed by atoms with Gasteiger partial charge in [-0.1, -0.05) is 12.8 Å². The Balaban J connectivity index is 2.16. The number of nitrogens with zero attached hydrogens (tertiary/aromatic N) is 1. The number of hydrogen-bond acceptors (Lipinski definition) is 5. The number of rotatable bonds is 5. The lowest BCUT2D eigenvalue weighted by molar-refractivity contribution is -0.114. The van der Waals surface area contributed by atoms with Crippen LogP contribution in [-0.4, -0.2) is 26.2 Å². The maximum absolute atomic E-state index is 13.9. The lowest BCUT2D eigenvalue weighted by atomic mass is 10.2. The molecular formula is C17H18FN3O4S. The van der Waals surface area contributed by atoms with Crippen molar-refractivity contribution < 1.29 is 23.5 Å². The summed E-state index contributed by atoms with van der Waals surface area (Å²) in [5.74, 6) is -0.615. The zero-order valence-electron chi connectivity index (χ0n) is 14.4. The van der Waals surface area contributed by atoms with Crippen molar-refractivity contribution in [3.63, 3.8) is 0 Å². The third-order valence-corrected chi connectivity index (χ3v) is 3.75. The summed E-state index contributed by atoms with van der Waals surface area (Å²) in [6, 6.07) is 8.26. The molecule has 7 nitrogen and oxygen atoms in total. The highest BCUT2D eigenvalue weighted by molar-refractivity contribution is 7.82. The molecule has 0 fully saturated rings. The molecule has 2 aromatic carbocycles. The summed E-state index contributed by atoms with van der Waals surface area (Å²) in [6.45, 7) is 1.40. The second-order valence-electron chi connectivity index (χ2n) is 5.16. The van der Waals surface area contributed by atoms with Crippen molar-refractivity contribution in [2.24, 2.45) is 0 Å². The Hall–Kier alpha value is -2.94. The molecule has 2 aromatic rings. The van der Waals surface area contributed by atoms with Crippen molar-refractivity contribution in [2.75, 3.05) is 29.2 Å². The van der Waals surface area contributed by atoms with Crippen LogP contribution in [0, 0.1) is 5.82 Å². The monoisotopic (exact) mass is 379 g/mol. The first kappa shape index (κ1) is 19.4. The molecule has 26 heavy (non-hydrogen) atoms. The fourth-order valence-electron chi connectivity index (χ4n) is 2.13. The molecule has 0 heterocycles. The van der Waals surface area contributed by atoms with E-state index in [9.17, 15) is 14.0 Å². The first-order valence-corrected chi connectivity index (χ1v) is 7.85. The summed E-state index contributed by atoms with van der Waals surface area (Å²) in [4.78, 5) is 23.4. The number of methoxy groups -OCH3 is 2. The molecule has 0 aliphatic rings. The average molecular weight is 379 g/mol. The van der Waals surface area contributed by atoms with E-state index in [-0.39, 0.29) is 23.1 Å². The second-order valence-corrected chi connectivity index (χ2v) is 5.56. The van der Waals surface area contributed by atoms with E-state index in [1.165, 1.54) is 27.2 Å². The van der Waals surface area contributed by atoms with Crippen molar-refractivity contribution in [3.8, 4) is 11.5 Å². The highest BCUT2D eigenvalue weighted by Gasteiger charge is 2.17. The van der Waals surface area contributed by atoms with Crippen molar-refractivity contribution in [3.05, 3.63) is 42.2 Å². The van der Waals surface area contributed by atoms with Gasteiger partial charge in [0, 0.05) is 24.7 Å². The van der Waals surface area contributed by atoms with Crippen LogP contribution < -0.4 is 24.4 Å². The number of carbonyl (C=O) groups is 2. The predicted molar refractivity (Wildman–Crippen MR) is 101 cm³/mol. The number of benzene rings is 2. The third-order valence-electron chi connectivity index (χ3n) is 3.34. The van der Waals surface area contributed by atoms with E-state index in [1.807, 2.05) is 0 Å². The molecule has 0 radical (unpaired) electrons. The Kier molecular flexibility index (Phi) is 6.29. The Morgan fingerprint density at radius 2 is 1.65 bits per heavy atom. The first-order chi connectivity index (χ1) is 12.3. The molecule has 0 aliphatic carbocycles. The quantitative estimate of drug-likeness (QED) is 0.693. The van der Waals surface area contributed by atoms with Gasteiger partial charge in [-0.05, 0) is 24.3 Å². The van der Waals surface area contributed by atoms with E-state index < -0.39 is 11.8 Å². The van der Waals surface area contributed by atoms with Crippen LogP contribution in [0.2, 0.25) is 0 Å². The van der Waals surface area contributed by atoms with Crippen molar-refractivity contribution in [2.45, 2.75) is 6.92 Å². The maximum Gasteiger partial charge on any atom is 0.336 e. The van der Waals surface area contributed by atoms with Gasteiger partial charge in [0.2, 0.25) is 5.91 Å². The van der Waals surface area contributed by atoms with Crippen LogP contribution in [0.25, 0.3) is 0 Å². The Labute approximate surface area is 155 Å². The average Bonchev–Trinajstić information content (AvgIpc) is 2.61. The first-order valence-electron chi connectivity index (χ1n) is 7.45. The number of anilines is 3. The molecule has 0 atom stereocenters. The van der Waals surface area contributed by atoms with Crippen LogP contribution >= 0.6 is 12.8 Å². The van der Waals surface area contributed by atoms with Gasteiger partial charge in [-0.2, -0.15) is 0 Å². The maximum atomic E-state index is 13.9. The van der Waals surface area contributed by atoms with Crippen LogP contribution in [0.1, 0.15) is 6.92 Å². The summed E-state index contributed by atoms with van der Waals surface area (Å²) < 4.78 is 24.9. The van der Waals surface area contributed by atoms with Crippen molar-refractivity contribution in [1.29, 1.82) is 0 Å². The van der Waals surface area contributed by atoms with Crippen molar-refractivity contribution in [1.82, 2.24) is 0 Å². The Morgan fingerprint density at radius 3 is 2.19 bits per heavy atom. The molecule has 0 bridgehead atoms. The molecule has 0 spiro atoms. The number of hydrogen-bond donors (Lipinski definition) is 3. The van der Waals surface area contributed by atoms with E-state index in [1.54, 1.807) is 24.3 Å². The van der Waals surface area contributed by atoms with E-state index in [2.05, 4.69) is 23.4 Å². The summed E-state index contributed by atoms with van der Waals surface area (Å²) in [7, 11) is 2.72. The van der Waals surface area contributed by atoms with Gasteiger partial charge in [-0.3, -0.25) is 4.79 Å². The number of thiol groups is 1. The molecule has 0 unspecified atom stereocenters. The van der Waals surface area contributed by atoms with Gasteiger partial charge in [-0.25, -0.2) is 13.5 Å². The minimum atomic E-state index is -0.644. The number of carbonyl (C=O) groups excluding carboxylic acids is 2. The summed E-state index contributed by atoms with van der Waals surface area (Å²) in [5.41, 5.74) is 1.17. The Morgan fingerprint density at radius 1 is 1.04 bits per heavy atom. The van der Waals surface area contributed by atoms with Crippen LogP contribution in [-0.2, 0) is 4.79 Å². The number of halogens is 1. The highest BCUT2D eigenvalue weighted by Crippen LogP contribution is 2.32. The fraction of sp³-hybridized carbons (Fsp3) is 0.176. The van der Waals surface area contributed by atoms with E-state index in [0.29, 0.717) is 11.4 Å². The van der Waals surface area contributed by atoms with Crippen LogP contribution in [0.4, 0.5) is 26.2 Å². The summed E-state index contributed by atoms with van der Waals surface area (Å²) in [6.07, 6.45) is 0. The lowest BCUT2D eigenvalue weighted by Gasteiger charge is -2.18. The number of nitrogens with one attached hydrogen (secondary N) is 2. The minimum Gasteiger partial charge on any atom is -0.494 e. The molecule has 2 rings (SSSR count). The van der Waals surface area contributed by atoms with Gasteiger partial charge in [0.25, 0.3) is 0 Å². The molecule has 9 heteroatoms. The summed E-state index contributed by atoms with van der Waals surface area (Å²) in [5, 5.41) is 5.14. The standard InChI is InChI=1S/C17H18FN3O4S/c1-10(22)19-11-4-6-12(7-5-11)21(26)17(23)20-14-8-13(18)15(24-2)9-16(14)25-3/h4-9,26H,1-3H3,(H,19,22)(H,20,23). The predicted octanol–water partition coefficient (Wildman–Crippen LogP) is 3.68. The molecule has 0 aliphatic heterocycles. The molecule has 2 N–H and O–H groups in total. The fourth-order valence-corrected chi connectivity index (χ4v) is 2.32. The van der Waals surface area contributed by atoms with Gasteiger partial charge in [-0.15, -0.1) is 0 Å². The van der Waals surface area contributed by atoms with E-state index in [0.717, 1.165) is 10.4 Å². The summed E-state index contributed by atoms with van der Waals surface area (Å²) >= 11 is 4.15. The molecule has 138 valence electrons. The van der Waals surface area contributed by atoms with Gasteiger partial charge in [0.15, 0.2) is 11.6 Å². The van der Waals surface area contributed by atoms with Gasteiger partial charge in [0.05, 0.1) is 25.6 Å². The zero-order chi connectivity index (χ0) is 19.3. The van der Waals surface area contributed by atoms with Gasteiger partial charge >= 0.3 is 6.03 Å². The second kappa shape index (κ2) is 8.43. The third kappa shape index (κ3) is 4.57. The van der Waals surface area contributed by atoms with E-state index in [4.69, 9.17) is 9.47 Å². The molecule has 0 saturated carbocycles. The normalized spacial score (nSPS) is 10.0. The van der Waals surface area contributed by atoms with Crippen molar-refractivity contribution >= 4 is 41.8 Å². The number of urea groups is 1. The zero-order valence-corrected chi connectivity index (χ0v) is 15.3. The van der Waals surface area contributed by atoms with Crippen LogP contribution in [0.3, 0.4) is 0 Å².